The van der Waals surface area contributed by atoms with Gasteiger partial charge in [0, 0.05) is 31.0 Å². The molecule has 1 saturated heterocycles. The average molecular weight is 369 g/mol. The summed E-state index contributed by atoms with van der Waals surface area (Å²) in [6.07, 6.45) is 0.197. The number of alkyl halides is 2. The summed E-state index contributed by atoms with van der Waals surface area (Å²) in [5.74, 6) is -3.02. The Balaban J connectivity index is 1.67. The number of amides is 1. The number of hydrogen-bond donors (Lipinski definition) is 0. The van der Waals surface area contributed by atoms with E-state index in [-0.39, 0.29) is 24.7 Å². The molecule has 3 aliphatic heterocycles. The molecule has 0 bridgehead atoms. The molecule has 0 aliphatic carbocycles. The van der Waals surface area contributed by atoms with E-state index in [1.54, 1.807) is 20.8 Å². The number of nitrogens with zero attached hydrogens (tertiary/aromatic N) is 3. The summed E-state index contributed by atoms with van der Waals surface area (Å²) in [7, 11) is 0. The van der Waals surface area contributed by atoms with Crippen LogP contribution < -0.4 is 0 Å². The van der Waals surface area contributed by atoms with Crippen molar-refractivity contribution >= 4 is 6.09 Å². The zero-order valence-electron chi connectivity index (χ0n) is 15.6. The molecule has 0 radical (unpaired) electrons. The standard InChI is InChI=1S/C18H25F2N3O3/c1-11-7-13-12(8-22(11)15(24)26-16(2,3)4)14-18(19,20)9-17(10-25-17)5-6-23(14)21-13/h11H,5-10H2,1-4H3/t11-,17?/m1/s1. The van der Waals surface area contributed by atoms with E-state index >= 15 is 8.78 Å². The van der Waals surface area contributed by atoms with Gasteiger partial charge in [0.05, 0.1) is 24.4 Å². The minimum absolute atomic E-state index is 0.0552. The van der Waals surface area contributed by atoms with Gasteiger partial charge in [-0.05, 0) is 34.1 Å². The van der Waals surface area contributed by atoms with Crippen LogP contribution in [0, 0.1) is 0 Å². The van der Waals surface area contributed by atoms with Gasteiger partial charge in [-0.3, -0.25) is 4.68 Å². The Kier molecular flexibility index (Phi) is 3.68. The summed E-state index contributed by atoms with van der Waals surface area (Å²) in [6, 6.07) is -0.150. The van der Waals surface area contributed by atoms with Crippen molar-refractivity contribution in [1.82, 2.24) is 14.7 Å². The quantitative estimate of drug-likeness (QED) is 0.659. The first-order valence-corrected chi connectivity index (χ1v) is 9.10. The first-order valence-electron chi connectivity index (χ1n) is 9.10. The Bertz CT molecular complexity index is 750. The molecular formula is C18H25F2N3O3. The Morgan fingerprint density at radius 1 is 1.38 bits per heavy atom. The van der Waals surface area contributed by atoms with Gasteiger partial charge in [0.2, 0.25) is 0 Å². The van der Waals surface area contributed by atoms with E-state index in [2.05, 4.69) is 5.10 Å². The van der Waals surface area contributed by atoms with Crippen LogP contribution in [0.2, 0.25) is 0 Å². The predicted molar refractivity (Wildman–Crippen MR) is 89.0 cm³/mol. The number of aryl methyl sites for hydroxylation is 1. The summed E-state index contributed by atoms with van der Waals surface area (Å²) >= 11 is 0. The Morgan fingerprint density at radius 2 is 2.08 bits per heavy atom. The molecule has 1 unspecified atom stereocenters. The molecule has 26 heavy (non-hydrogen) atoms. The smallest absolute Gasteiger partial charge is 0.410 e. The zero-order valence-corrected chi connectivity index (χ0v) is 15.6. The highest BCUT2D eigenvalue weighted by Gasteiger charge is 2.56. The van der Waals surface area contributed by atoms with Crippen LogP contribution in [-0.4, -0.2) is 44.6 Å². The van der Waals surface area contributed by atoms with Crippen molar-refractivity contribution in [1.29, 1.82) is 0 Å². The molecule has 1 aromatic rings. The Labute approximate surface area is 151 Å². The Hall–Kier alpha value is -1.70. The van der Waals surface area contributed by atoms with Gasteiger partial charge in [-0.25, -0.2) is 4.79 Å². The lowest BCUT2D eigenvalue weighted by molar-refractivity contribution is -0.0384. The number of carbonyl (C=O) groups excluding carboxylic acids is 1. The molecule has 6 nitrogen and oxygen atoms in total. The molecule has 4 rings (SSSR count). The molecule has 0 N–H and O–H groups in total. The van der Waals surface area contributed by atoms with Gasteiger partial charge in [0.1, 0.15) is 11.3 Å². The third-order valence-electron chi connectivity index (χ3n) is 5.33. The molecule has 1 aromatic heterocycles. The number of carbonyl (C=O) groups is 1. The second kappa shape index (κ2) is 5.41. The largest absolute Gasteiger partial charge is 0.444 e. The normalized spacial score (nSPS) is 29.8. The van der Waals surface area contributed by atoms with E-state index in [1.807, 2.05) is 6.92 Å². The van der Waals surface area contributed by atoms with Crippen LogP contribution in [0.1, 0.15) is 57.5 Å². The average Bonchev–Trinajstić information content (AvgIpc) is 3.15. The van der Waals surface area contributed by atoms with Crippen LogP contribution in [0.5, 0.6) is 0 Å². The predicted octanol–water partition coefficient (Wildman–Crippen LogP) is 3.22. The highest BCUT2D eigenvalue weighted by atomic mass is 19.3. The van der Waals surface area contributed by atoms with E-state index in [1.165, 1.54) is 9.58 Å². The molecule has 4 heterocycles. The van der Waals surface area contributed by atoms with Gasteiger partial charge < -0.3 is 14.4 Å². The van der Waals surface area contributed by atoms with E-state index < -0.39 is 23.2 Å². The zero-order chi connectivity index (χ0) is 18.9. The fourth-order valence-electron chi connectivity index (χ4n) is 3.97. The number of aromatic nitrogens is 2. The van der Waals surface area contributed by atoms with Crippen LogP contribution >= 0.6 is 0 Å². The van der Waals surface area contributed by atoms with Crippen molar-refractivity contribution in [3.05, 3.63) is 17.0 Å². The molecule has 1 amide bonds. The third-order valence-corrected chi connectivity index (χ3v) is 5.33. The molecule has 3 aliphatic rings. The van der Waals surface area contributed by atoms with Crippen LogP contribution in [0.3, 0.4) is 0 Å². The highest BCUT2D eigenvalue weighted by Crippen LogP contribution is 2.49. The van der Waals surface area contributed by atoms with Crippen LogP contribution in [-0.2, 0) is 34.9 Å². The summed E-state index contributed by atoms with van der Waals surface area (Å²) in [5.41, 5.74) is -0.257. The van der Waals surface area contributed by atoms with Crippen molar-refractivity contribution in [3.63, 3.8) is 0 Å². The third kappa shape index (κ3) is 2.98. The number of hydrogen-bond acceptors (Lipinski definition) is 4. The number of rotatable bonds is 0. The maximum Gasteiger partial charge on any atom is 0.410 e. The van der Waals surface area contributed by atoms with Crippen LogP contribution in [0.25, 0.3) is 0 Å². The molecule has 1 fully saturated rings. The molecule has 8 heteroatoms. The van der Waals surface area contributed by atoms with Crippen molar-refractivity contribution in [2.24, 2.45) is 0 Å². The summed E-state index contributed by atoms with van der Waals surface area (Å²) in [5, 5.41) is 4.46. The van der Waals surface area contributed by atoms with E-state index in [9.17, 15) is 4.79 Å². The maximum atomic E-state index is 15.0. The van der Waals surface area contributed by atoms with E-state index in [4.69, 9.17) is 9.47 Å². The van der Waals surface area contributed by atoms with Gasteiger partial charge in [0.15, 0.2) is 0 Å². The van der Waals surface area contributed by atoms with Gasteiger partial charge in [-0.2, -0.15) is 13.9 Å². The van der Waals surface area contributed by atoms with Crippen molar-refractivity contribution < 1.29 is 23.0 Å². The van der Waals surface area contributed by atoms with Gasteiger partial charge in [-0.15, -0.1) is 0 Å². The summed E-state index contributed by atoms with van der Waals surface area (Å²) in [6.45, 7) is 8.17. The lowest BCUT2D eigenvalue weighted by Crippen LogP contribution is -2.45. The van der Waals surface area contributed by atoms with Crippen LogP contribution in [0.4, 0.5) is 13.6 Å². The topological polar surface area (TPSA) is 59.9 Å². The molecule has 1 spiro atoms. The minimum Gasteiger partial charge on any atom is -0.444 e. The van der Waals surface area contributed by atoms with Gasteiger partial charge >= 0.3 is 6.09 Å². The van der Waals surface area contributed by atoms with Crippen molar-refractivity contribution in [3.8, 4) is 0 Å². The molecular weight excluding hydrogens is 344 g/mol. The first-order chi connectivity index (χ1) is 12.0. The molecule has 0 saturated carbocycles. The van der Waals surface area contributed by atoms with Crippen LogP contribution in [0.15, 0.2) is 0 Å². The minimum atomic E-state index is -3.02. The fraction of sp³-hybridized carbons (Fsp3) is 0.778. The fourth-order valence-corrected chi connectivity index (χ4v) is 3.97. The lowest BCUT2D eigenvalue weighted by Gasteiger charge is -2.35. The van der Waals surface area contributed by atoms with E-state index in [0.717, 1.165) is 0 Å². The first kappa shape index (κ1) is 17.7. The number of halogens is 2. The maximum absolute atomic E-state index is 15.0. The van der Waals surface area contributed by atoms with E-state index in [0.29, 0.717) is 37.3 Å². The molecule has 144 valence electrons. The monoisotopic (exact) mass is 369 g/mol. The van der Waals surface area contributed by atoms with Crippen molar-refractivity contribution in [2.75, 3.05) is 6.61 Å². The van der Waals surface area contributed by atoms with Gasteiger partial charge in [0.25, 0.3) is 5.92 Å². The number of ether oxygens (including phenoxy) is 2. The second-order valence-electron chi connectivity index (χ2n) is 8.76. The van der Waals surface area contributed by atoms with Crippen molar-refractivity contribution in [2.45, 2.75) is 83.2 Å². The summed E-state index contributed by atoms with van der Waals surface area (Å²) in [4.78, 5) is 14.1. The Morgan fingerprint density at radius 3 is 2.69 bits per heavy atom. The molecule has 2 atom stereocenters. The summed E-state index contributed by atoms with van der Waals surface area (Å²) < 4.78 is 42.3. The number of epoxide rings is 1. The SMILES string of the molecule is C[C@@H]1Cc2nn3c(c2CN1C(=O)OC(C)(C)C)C(F)(F)CC1(CC3)CO1. The molecule has 0 aromatic carbocycles. The van der Waals surface area contributed by atoms with Gasteiger partial charge in [-0.1, -0.05) is 0 Å². The highest BCUT2D eigenvalue weighted by molar-refractivity contribution is 5.69. The lowest BCUT2D eigenvalue weighted by atomic mass is 9.93. The number of fused-ring (bicyclic) bond motifs is 3. The second-order valence-corrected chi connectivity index (χ2v) is 8.76.